The van der Waals surface area contributed by atoms with Crippen LogP contribution in [0.4, 0.5) is 5.13 Å². The largest absolute Gasteiger partial charge is 0.348 e. The second-order valence-corrected chi connectivity index (χ2v) is 8.48. The van der Waals surface area contributed by atoms with Gasteiger partial charge in [-0.1, -0.05) is 18.2 Å². The molecule has 2 aromatic rings. The number of fused-ring (bicyclic) bond motifs is 1. The summed E-state index contributed by atoms with van der Waals surface area (Å²) < 4.78 is 0. The molecule has 1 amide bonds. The predicted octanol–water partition coefficient (Wildman–Crippen LogP) is 3.02. The Kier molecular flexibility index (Phi) is 5.74. The molecule has 1 fully saturated rings. The van der Waals surface area contributed by atoms with E-state index in [2.05, 4.69) is 45.2 Å². The molecule has 1 aliphatic heterocycles. The molecular formula is C21H28N4OS. The van der Waals surface area contributed by atoms with Crippen molar-refractivity contribution in [1.29, 1.82) is 0 Å². The lowest BCUT2D eigenvalue weighted by molar-refractivity contribution is -0.123. The van der Waals surface area contributed by atoms with E-state index in [4.69, 9.17) is 0 Å². The summed E-state index contributed by atoms with van der Waals surface area (Å²) in [5, 5.41) is 6.28. The van der Waals surface area contributed by atoms with Crippen molar-refractivity contribution in [2.45, 2.75) is 38.6 Å². The van der Waals surface area contributed by atoms with E-state index in [-0.39, 0.29) is 11.9 Å². The highest BCUT2D eigenvalue weighted by Gasteiger charge is 2.21. The van der Waals surface area contributed by atoms with Gasteiger partial charge >= 0.3 is 0 Å². The maximum Gasteiger partial charge on any atom is 0.234 e. The number of carbonyl (C=O) groups is 1. The van der Waals surface area contributed by atoms with Crippen LogP contribution < -0.4 is 10.2 Å². The van der Waals surface area contributed by atoms with Crippen molar-refractivity contribution >= 4 is 22.4 Å². The Bertz CT molecular complexity index is 768. The first-order valence-electron chi connectivity index (χ1n) is 9.97. The van der Waals surface area contributed by atoms with Gasteiger partial charge in [-0.2, -0.15) is 0 Å². The number of anilines is 1. The molecular weight excluding hydrogens is 356 g/mol. The summed E-state index contributed by atoms with van der Waals surface area (Å²) in [6.45, 7) is 6.23. The SMILES string of the molecule is CC(NC(=O)CN1CCN(c2nccs2)CC1)c1ccc2c(c1)CCCC2. The molecule has 0 radical (unpaired) electrons. The van der Waals surface area contributed by atoms with Crippen LogP contribution in [-0.2, 0) is 17.6 Å². The van der Waals surface area contributed by atoms with Crippen molar-refractivity contribution in [2.75, 3.05) is 37.6 Å². The van der Waals surface area contributed by atoms with Crippen LogP contribution in [0, 0.1) is 0 Å². The van der Waals surface area contributed by atoms with E-state index in [1.807, 2.05) is 11.6 Å². The summed E-state index contributed by atoms with van der Waals surface area (Å²) in [5.41, 5.74) is 4.18. The minimum absolute atomic E-state index is 0.0568. The molecule has 4 rings (SSSR count). The highest BCUT2D eigenvalue weighted by molar-refractivity contribution is 7.13. The lowest BCUT2D eigenvalue weighted by Crippen LogP contribution is -2.49. The Labute approximate surface area is 165 Å². The number of hydrogen-bond donors (Lipinski definition) is 1. The summed E-state index contributed by atoms with van der Waals surface area (Å²) in [5.74, 6) is 0.114. The molecule has 2 aliphatic rings. The Morgan fingerprint density at radius 2 is 1.96 bits per heavy atom. The normalized spacial score (nSPS) is 18.8. The number of nitrogens with one attached hydrogen (secondary N) is 1. The molecule has 1 unspecified atom stereocenters. The molecule has 5 nitrogen and oxygen atoms in total. The fraction of sp³-hybridized carbons (Fsp3) is 0.524. The van der Waals surface area contributed by atoms with Crippen LogP contribution in [0.3, 0.4) is 0 Å². The number of rotatable bonds is 5. The monoisotopic (exact) mass is 384 g/mol. The van der Waals surface area contributed by atoms with Crippen molar-refractivity contribution in [3.63, 3.8) is 0 Å². The zero-order valence-electron chi connectivity index (χ0n) is 16.0. The first-order valence-corrected chi connectivity index (χ1v) is 10.8. The molecule has 0 spiro atoms. The molecule has 2 heterocycles. The minimum Gasteiger partial charge on any atom is -0.348 e. The molecule has 1 aromatic carbocycles. The third-order valence-electron chi connectivity index (χ3n) is 5.68. The smallest absolute Gasteiger partial charge is 0.234 e. The van der Waals surface area contributed by atoms with Crippen LogP contribution in [-0.4, -0.2) is 48.5 Å². The summed E-state index contributed by atoms with van der Waals surface area (Å²) in [6.07, 6.45) is 6.80. The topological polar surface area (TPSA) is 48.5 Å². The predicted molar refractivity (Wildman–Crippen MR) is 110 cm³/mol. The quantitative estimate of drug-likeness (QED) is 0.861. The number of thiazole rings is 1. The van der Waals surface area contributed by atoms with E-state index in [1.165, 1.54) is 42.4 Å². The van der Waals surface area contributed by atoms with E-state index >= 15 is 0 Å². The van der Waals surface area contributed by atoms with Gasteiger partial charge in [0, 0.05) is 37.8 Å². The molecule has 1 saturated heterocycles. The molecule has 1 aromatic heterocycles. The molecule has 1 atom stereocenters. The summed E-state index contributed by atoms with van der Waals surface area (Å²) >= 11 is 1.68. The number of hydrogen-bond acceptors (Lipinski definition) is 5. The van der Waals surface area contributed by atoms with Gasteiger partial charge in [0.25, 0.3) is 0 Å². The number of aromatic nitrogens is 1. The van der Waals surface area contributed by atoms with Crippen LogP contribution in [0.15, 0.2) is 29.8 Å². The highest BCUT2D eigenvalue weighted by atomic mass is 32.1. The standard InChI is InChI=1S/C21H28N4OS/c1-16(18-7-6-17-4-2-3-5-19(17)14-18)23-20(26)15-24-9-11-25(12-10-24)21-22-8-13-27-21/h6-8,13-14,16H,2-5,9-12,15H2,1H3,(H,23,26). The van der Waals surface area contributed by atoms with E-state index in [9.17, 15) is 4.79 Å². The van der Waals surface area contributed by atoms with Gasteiger partial charge in [0.05, 0.1) is 12.6 Å². The number of amides is 1. The zero-order valence-corrected chi connectivity index (χ0v) is 16.8. The molecule has 144 valence electrons. The number of aryl methyl sites for hydroxylation is 2. The van der Waals surface area contributed by atoms with Crippen LogP contribution in [0.2, 0.25) is 0 Å². The van der Waals surface area contributed by atoms with Crippen LogP contribution in [0.5, 0.6) is 0 Å². The van der Waals surface area contributed by atoms with Gasteiger partial charge in [0.15, 0.2) is 5.13 Å². The molecule has 27 heavy (non-hydrogen) atoms. The van der Waals surface area contributed by atoms with E-state index in [1.54, 1.807) is 11.3 Å². The van der Waals surface area contributed by atoms with Crippen molar-refractivity contribution in [3.8, 4) is 0 Å². The lowest BCUT2D eigenvalue weighted by Gasteiger charge is -2.34. The van der Waals surface area contributed by atoms with Crippen LogP contribution in [0.1, 0.15) is 42.5 Å². The van der Waals surface area contributed by atoms with Crippen molar-refractivity contribution in [2.24, 2.45) is 0 Å². The summed E-state index contributed by atoms with van der Waals surface area (Å²) in [4.78, 5) is 21.4. The second kappa shape index (κ2) is 8.40. The van der Waals surface area contributed by atoms with Gasteiger partial charge in [-0.15, -0.1) is 11.3 Å². The fourth-order valence-electron chi connectivity index (χ4n) is 4.07. The van der Waals surface area contributed by atoms with E-state index in [0.717, 1.165) is 31.3 Å². The Balaban J connectivity index is 1.27. The van der Waals surface area contributed by atoms with Crippen molar-refractivity contribution < 1.29 is 4.79 Å². The maximum atomic E-state index is 12.5. The van der Waals surface area contributed by atoms with E-state index < -0.39 is 0 Å². The Hall–Kier alpha value is -1.92. The fourth-order valence-corrected chi connectivity index (χ4v) is 4.76. The average Bonchev–Trinajstić information content (AvgIpc) is 3.23. The zero-order chi connectivity index (χ0) is 18.6. The number of benzene rings is 1. The molecule has 6 heteroatoms. The number of piperazine rings is 1. The molecule has 0 saturated carbocycles. The maximum absolute atomic E-state index is 12.5. The van der Waals surface area contributed by atoms with Gasteiger partial charge < -0.3 is 10.2 Å². The molecule has 1 aliphatic carbocycles. The molecule has 1 N–H and O–H groups in total. The van der Waals surface area contributed by atoms with Gasteiger partial charge in [0.2, 0.25) is 5.91 Å². The number of carbonyl (C=O) groups excluding carboxylic acids is 1. The van der Waals surface area contributed by atoms with Crippen molar-refractivity contribution in [1.82, 2.24) is 15.2 Å². The second-order valence-electron chi connectivity index (χ2n) is 7.60. The lowest BCUT2D eigenvalue weighted by atomic mass is 9.89. The number of nitrogens with zero attached hydrogens (tertiary/aromatic N) is 3. The van der Waals surface area contributed by atoms with E-state index in [0.29, 0.717) is 6.54 Å². The third kappa shape index (κ3) is 4.50. The van der Waals surface area contributed by atoms with Crippen molar-refractivity contribution in [3.05, 3.63) is 46.5 Å². The Morgan fingerprint density at radius 3 is 2.70 bits per heavy atom. The molecule has 0 bridgehead atoms. The minimum atomic E-state index is 0.0568. The highest BCUT2D eigenvalue weighted by Crippen LogP contribution is 2.25. The van der Waals surface area contributed by atoms with Crippen LogP contribution in [0.25, 0.3) is 0 Å². The summed E-state index contributed by atoms with van der Waals surface area (Å²) in [7, 11) is 0. The van der Waals surface area contributed by atoms with Gasteiger partial charge in [-0.25, -0.2) is 4.98 Å². The summed E-state index contributed by atoms with van der Waals surface area (Å²) in [6, 6.07) is 6.79. The van der Waals surface area contributed by atoms with Gasteiger partial charge in [-0.05, 0) is 49.3 Å². The third-order valence-corrected chi connectivity index (χ3v) is 6.51. The first-order chi connectivity index (χ1) is 13.2. The van der Waals surface area contributed by atoms with Gasteiger partial charge in [-0.3, -0.25) is 9.69 Å². The van der Waals surface area contributed by atoms with Gasteiger partial charge in [0.1, 0.15) is 0 Å². The Morgan fingerprint density at radius 1 is 1.19 bits per heavy atom. The van der Waals surface area contributed by atoms with Crippen LogP contribution >= 0.6 is 11.3 Å². The first kappa shape index (κ1) is 18.4. The average molecular weight is 385 g/mol.